The van der Waals surface area contributed by atoms with E-state index in [0.717, 1.165) is 5.56 Å². The van der Waals surface area contributed by atoms with Crippen LogP contribution < -0.4 is 0 Å². The SMILES string of the molecule is C=C/C=C/C#Cc1ccc(C)cc1. The Bertz CT molecular complexity index is 355. The largest absolute Gasteiger partial charge is 0.0990 e. The van der Waals surface area contributed by atoms with Gasteiger partial charge in [-0.2, -0.15) is 0 Å². The second-order valence-electron chi connectivity index (χ2n) is 2.73. The summed E-state index contributed by atoms with van der Waals surface area (Å²) in [6, 6.07) is 8.15. The zero-order valence-corrected chi connectivity index (χ0v) is 7.75. The van der Waals surface area contributed by atoms with E-state index in [1.807, 2.05) is 18.2 Å². The summed E-state index contributed by atoms with van der Waals surface area (Å²) in [5, 5.41) is 0. The lowest BCUT2D eigenvalue weighted by molar-refractivity contribution is 1.46. The molecule has 0 aliphatic heterocycles. The number of hydrogen-bond donors (Lipinski definition) is 0. The van der Waals surface area contributed by atoms with Crippen LogP contribution in [0, 0.1) is 18.8 Å². The Morgan fingerprint density at radius 1 is 1.23 bits per heavy atom. The molecule has 0 heteroatoms. The predicted octanol–water partition coefficient (Wildman–Crippen LogP) is 3.09. The Morgan fingerprint density at radius 2 is 1.92 bits per heavy atom. The fourth-order valence-corrected chi connectivity index (χ4v) is 0.878. The summed E-state index contributed by atoms with van der Waals surface area (Å²) in [5.41, 5.74) is 2.30. The summed E-state index contributed by atoms with van der Waals surface area (Å²) >= 11 is 0. The van der Waals surface area contributed by atoms with Crippen molar-refractivity contribution in [1.82, 2.24) is 0 Å². The van der Waals surface area contributed by atoms with Gasteiger partial charge in [0.1, 0.15) is 0 Å². The minimum Gasteiger partial charge on any atom is -0.0990 e. The monoisotopic (exact) mass is 168 g/mol. The summed E-state index contributed by atoms with van der Waals surface area (Å²) in [4.78, 5) is 0. The van der Waals surface area contributed by atoms with Crippen molar-refractivity contribution in [3.05, 3.63) is 60.2 Å². The van der Waals surface area contributed by atoms with Gasteiger partial charge in [-0.25, -0.2) is 0 Å². The van der Waals surface area contributed by atoms with E-state index >= 15 is 0 Å². The first-order valence-electron chi connectivity index (χ1n) is 4.18. The van der Waals surface area contributed by atoms with Crippen molar-refractivity contribution in [3.63, 3.8) is 0 Å². The van der Waals surface area contributed by atoms with E-state index in [2.05, 4.69) is 37.5 Å². The van der Waals surface area contributed by atoms with Gasteiger partial charge in [0.05, 0.1) is 0 Å². The number of benzene rings is 1. The van der Waals surface area contributed by atoms with Gasteiger partial charge in [0.2, 0.25) is 0 Å². The second-order valence-corrected chi connectivity index (χ2v) is 2.73. The molecule has 0 N–H and O–H groups in total. The third-order valence-corrected chi connectivity index (χ3v) is 1.58. The first-order valence-corrected chi connectivity index (χ1v) is 4.18. The quantitative estimate of drug-likeness (QED) is 0.446. The highest BCUT2D eigenvalue weighted by Gasteiger charge is 1.83. The molecule has 1 aromatic carbocycles. The Kier molecular flexibility index (Phi) is 3.60. The van der Waals surface area contributed by atoms with Crippen molar-refractivity contribution in [2.45, 2.75) is 6.92 Å². The molecular formula is C13H12. The molecule has 0 heterocycles. The van der Waals surface area contributed by atoms with Crippen molar-refractivity contribution in [1.29, 1.82) is 0 Å². The molecule has 0 radical (unpaired) electrons. The lowest BCUT2D eigenvalue weighted by atomic mass is 10.1. The van der Waals surface area contributed by atoms with Gasteiger partial charge in [0, 0.05) is 5.56 Å². The van der Waals surface area contributed by atoms with E-state index in [1.54, 1.807) is 12.2 Å². The topological polar surface area (TPSA) is 0 Å². The highest BCUT2D eigenvalue weighted by atomic mass is 13.9. The van der Waals surface area contributed by atoms with Crippen LogP contribution in [0.2, 0.25) is 0 Å². The molecule has 0 saturated carbocycles. The standard InChI is InChI=1S/C13H12/c1-3-4-5-6-7-13-10-8-12(2)9-11-13/h3-5,8-11H,1H2,2H3/b5-4+. The number of aryl methyl sites for hydroxylation is 1. The maximum absolute atomic E-state index is 3.56. The molecule has 0 nitrogen and oxygen atoms in total. The third-order valence-electron chi connectivity index (χ3n) is 1.58. The molecule has 0 amide bonds. The van der Waals surface area contributed by atoms with E-state index in [1.165, 1.54) is 5.56 Å². The minimum absolute atomic E-state index is 1.04. The molecule has 0 aromatic heterocycles. The smallest absolute Gasteiger partial charge is 0.0249 e. The van der Waals surface area contributed by atoms with Crippen LogP contribution in [-0.2, 0) is 0 Å². The van der Waals surface area contributed by atoms with Crippen molar-refractivity contribution in [2.24, 2.45) is 0 Å². The molecule has 13 heavy (non-hydrogen) atoms. The molecule has 64 valence electrons. The summed E-state index contributed by atoms with van der Waals surface area (Å²) in [6.07, 6.45) is 5.32. The van der Waals surface area contributed by atoms with Gasteiger partial charge < -0.3 is 0 Å². The number of allylic oxidation sites excluding steroid dienone is 3. The molecule has 0 atom stereocenters. The van der Waals surface area contributed by atoms with Gasteiger partial charge in [-0.05, 0) is 25.1 Å². The van der Waals surface area contributed by atoms with Crippen LogP contribution in [0.25, 0.3) is 0 Å². The highest BCUT2D eigenvalue weighted by molar-refractivity contribution is 5.38. The lowest BCUT2D eigenvalue weighted by Gasteiger charge is -1.90. The van der Waals surface area contributed by atoms with Crippen LogP contribution in [0.15, 0.2) is 49.1 Å². The average molecular weight is 168 g/mol. The Labute approximate surface area is 79.6 Å². The zero-order chi connectivity index (χ0) is 9.52. The van der Waals surface area contributed by atoms with Gasteiger partial charge >= 0.3 is 0 Å². The van der Waals surface area contributed by atoms with Crippen molar-refractivity contribution >= 4 is 0 Å². The van der Waals surface area contributed by atoms with Crippen LogP contribution >= 0.6 is 0 Å². The van der Waals surface area contributed by atoms with Gasteiger partial charge in [0.15, 0.2) is 0 Å². The molecular weight excluding hydrogens is 156 g/mol. The molecule has 1 aromatic rings. The maximum atomic E-state index is 3.56. The first kappa shape index (κ1) is 9.35. The molecule has 0 spiro atoms. The van der Waals surface area contributed by atoms with E-state index in [-0.39, 0.29) is 0 Å². The van der Waals surface area contributed by atoms with E-state index in [9.17, 15) is 0 Å². The third kappa shape index (κ3) is 3.44. The van der Waals surface area contributed by atoms with Crippen LogP contribution in [0.4, 0.5) is 0 Å². The van der Waals surface area contributed by atoms with Crippen LogP contribution in [-0.4, -0.2) is 0 Å². The molecule has 0 fully saturated rings. The van der Waals surface area contributed by atoms with E-state index in [4.69, 9.17) is 0 Å². The molecule has 0 saturated heterocycles. The Balaban J connectivity index is 2.72. The molecule has 0 bridgehead atoms. The van der Waals surface area contributed by atoms with Gasteiger partial charge in [-0.1, -0.05) is 48.3 Å². The molecule has 0 aliphatic carbocycles. The average Bonchev–Trinajstić information content (AvgIpc) is 2.15. The zero-order valence-electron chi connectivity index (χ0n) is 7.75. The van der Waals surface area contributed by atoms with Gasteiger partial charge in [-0.15, -0.1) is 0 Å². The molecule has 1 rings (SSSR count). The Hall–Kier alpha value is -1.74. The van der Waals surface area contributed by atoms with Crippen LogP contribution in [0.3, 0.4) is 0 Å². The lowest BCUT2D eigenvalue weighted by Crippen LogP contribution is -1.73. The summed E-state index contributed by atoms with van der Waals surface area (Å²) in [6.45, 7) is 5.63. The first-order chi connectivity index (χ1) is 6.33. The minimum atomic E-state index is 1.04. The Morgan fingerprint density at radius 3 is 2.54 bits per heavy atom. The fourth-order valence-electron chi connectivity index (χ4n) is 0.878. The van der Waals surface area contributed by atoms with Gasteiger partial charge in [-0.3, -0.25) is 0 Å². The van der Waals surface area contributed by atoms with Crippen LogP contribution in [0.1, 0.15) is 11.1 Å². The van der Waals surface area contributed by atoms with Crippen molar-refractivity contribution in [3.8, 4) is 11.8 Å². The normalized spacial score (nSPS) is 9.31. The van der Waals surface area contributed by atoms with E-state index in [0.29, 0.717) is 0 Å². The van der Waals surface area contributed by atoms with Crippen molar-refractivity contribution < 1.29 is 0 Å². The van der Waals surface area contributed by atoms with Crippen LogP contribution in [0.5, 0.6) is 0 Å². The number of hydrogen-bond acceptors (Lipinski definition) is 0. The maximum Gasteiger partial charge on any atom is 0.0249 e. The highest BCUT2D eigenvalue weighted by Crippen LogP contribution is 2.00. The molecule has 0 unspecified atom stereocenters. The summed E-state index contributed by atoms with van der Waals surface area (Å²) in [5.74, 6) is 5.94. The summed E-state index contributed by atoms with van der Waals surface area (Å²) < 4.78 is 0. The fraction of sp³-hybridized carbons (Fsp3) is 0.0769. The van der Waals surface area contributed by atoms with Gasteiger partial charge in [0.25, 0.3) is 0 Å². The second kappa shape index (κ2) is 5.00. The van der Waals surface area contributed by atoms with E-state index < -0.39 is 0 Å². The number of rotatable bonds is 1. The van der Waals surface area contributed by atoms with Crippen molar-refractivity contribution in [2.75, 3.05) is 0 Å². The molecule has 0 aliphatic rings. The predicted molar refractivity (Wildman–Crippen MR) is 57.4 cm³/mol. The summed E-state index contributed by atoms with van der Waals surface area (Å²) in [7, 11) is 0.